The standard InChI is InChI=1S/C32H39N5O/c1-21(2)36-31(38)24-9-7-23(8-10-24)29(33)28-19-27(20-35-30(28)34)25-11-6-22-12-14-32(3,15-13-26(22)18-25)37-16-4-5-17-37/h6-11,18-21,33H,4-5,12-17H2,1-3H3,(H2,34,35)(H,36,38). The number of nitrogens with two attached hydrogens (primary N) is 1. The van der Waals surface area contributed by atoms with Gasteiger partial charge in [-0.05, 0) is 107 Å². The zero-order valence-corrected chi connectivity index (χ0v) is 22.8. The van der Waals surface area contributed by atoms with Gasteiger partial charge in [0.25, 0.3) is 5.91 Å². The van der Waals surface area contributed by atoms with Crippen molar-refractivity contribution in [2.75, 3.05) is 18.8 Å². The van der Waals surface area contributed by atoms with E-state index in [0.29, 0.717) is 28.2 Å². The van der Waals surface area contributed by atoms with Gasteiger partial charge in [-0.1, -0.05) is 30.3 Å². The molecule has 6 nitrogen and oxygen atoms in total. The maximum atomic E-state index is 12.3. The summed E-state index contributed by atoms with van der Waals surface area (Å²) < 4.78 is 0. The number of fused-ring (bicyclic) bond motifs is 1. The summed E-state index contributed by atoms with van der Waals surface area (Å²) >= 11 is 0. The number of aryl methyl sites for hydroxylation is 2. The Kier molecular flexibility index (Phi) is 7.35. The number of amides is 1. The maximum Gasteiger partial charge on any atom is 0.251 e. The highest BCUT2D eigenvalue weighted by Gasteiger charge is 2.34. The number of anilines is 1. The van der Waals surface area contributed by atoms with Crippen molar-refractivity contribution in [3.8, 4) is 11.1 Å². The highest BCUT2D eigenvalue weighted by Crippen LogP contribution is 2.36. The fraction of sp³-hybridized carbons (Fsp3) is 0.406. The smallest absolute Gasteiger partial charge is 0.251 e. The molecule has 2 aromatic carbocycles. The Balaban J connectivity index is 1.37. The van der Waals surface area contributed by atoms with E-state index < -0.39 is 0 Å². The number of nitrogens with one attached hydrogen (secondary N) is 2. The summed E-state index contributed by atoms with van der Waals surface area (Å²) in [6, 6.07) is 15.9. The molecule has 4 N–H and O–H groups in total. The van der Waals surface area contributed by atoms with Gasteiger partial charge in [0, 0.05) is 40.0 Å². The van der Waals surface area contributed by atoms with E-state index in [1.807, 2.05) is 19.9 Å². The van der Waals surface area contributed by atoms with Gasteiger partial charge in [-0.15, -0.1) is 0 Å². The maximum absolute atomic E-state index is 12.3. The van der Waals surface area contributed by atoms with Gasteiger partial charge in [0.1, 0.15) is 5.82 Å². The van der Waals surface area contributed by atoms with Gasteiger partial charge >= 0.3 is 0 Å². The lowest BCUT2D eigenvalue weighted by Crippen LogP contribution is -2.44. The average Bonchev–Trinajstić information content (AvgIpc) is 3.41. The van der Waals surface area contributed by atoms with Crippen molar-refractivity contribution in [3.63, 3.8) is 0 Å². The Bertz CT molecular complexity index is 1340. The molecule has 1 aromatic heterocycles. The first-order valence-electron chi connectivity index (χ1n) is 13.9. The molecule has 2 heterocycles. The first-order valence-corrected chi connectivity index (χ1v) is 13.9. The molecule has 1 aliphatic heterocycles. The van der Waals surface area contributed by atoms with Crippen LogP contribution in [0.2, 0.25) is 0 Å². The third-order valence-corrected chi connectivity index (χ3v) is 8.32. The number of pyridine rings is 1. The molecule has 1 atom stereocenters. The first-order chi connectivity index (χ1) is 18.2. The van der Waals surface area contributed by atoms with Crippen molar-refractivity contribution >= 4 is 17.4 Å². The SMILES string of the molecule is CC(C)NC(=O)c1ccc(C(=N)c2cc(-c3ccc4c(c3)CCC(C)(N3CCCC3)CC4)cnc2N)cc1. The summed E-state index contributed by atoms with van der Waals surface area (Å²) in [5.74, 6) is 0.210. The number of benzene rings is 2. The molecule has 0 spiro atoms. The topological polar surface area (TPSA) is 95.1 Å². The van der Waals surface area contributed by atoms with Crippen LogP contribution in [0.4, 0.5) is 5.82 Å². The minimum absolute atomic E-state index is 0.0663. The summed E-state index contributed by atoms with van der Waals surface area (Å²) in [6.45, 7) is 8.78. The summed E-state index contributed by atoms with van der Waals surface area (Å²) in [5, 5.41) is 11.7. The number of nitrogens with zero attached hydrogens (tertiary/aromatic N) is 2. The van der Waals surface area contributed by atoms with E-state index in [2.05, 4.69) is 40.3 Å². The van der Waals surface area contributed by atoms with Crippen LogP contribution in [0.1, 0.15) is 79.1 Å². The lowest BCUT2D eigenvalue weighted by molar-refractivity contribution is 0.0943. The number of carbonyl (C=O) groups is 1. The summed E-state index contributed by atoms with van der Waals surface area (Å²) in [4.78, 5) is 19.5. The minimum atomic E-state index is -0.120. The average molecular weight is 510 g/mol. The largest absolute Gasteiger partial charge is 0.383 e. The van der Waals surface area contributed by atoms with Gasteiger partial charge in [-0.2, -0.15) is 0 Å². The molecule has 0 radical (unpaired) electrons. The van der Waals surface area contributed by atoms with Crippen molar-refractivity contribution < 1.29 is 4.79 Å². The van der Waals surface area contributed by atoms with Crippen LogP contribution < -0.4 is 11.1 Å². The third-order valence-electron chi connectivity index (χ3n) is 8.32. The zero-order valence-electron chi connectivity index (χ0n) is 22.8. The Morgan fingerprint density at radius 2 is 1.63 bits per heavy atom. The lowest BCUT2D eigenvalue weighted by Gasteiger charge is -2.38. The third kappa shape index (κ3) is 5.37. The molecule has 1 unspecified atom stereocenters. The highest BCUT2D eigenvalue weighted by atomic mass is 16.1. The highest BCUT2D eigenvalue weighted by molar-refractivity contribution is 6.14. The molecule has 1 fully saturated rings. The first kappa shape index (κ1) is 26.1. The second-order valence-electron chi connectivity index (χ2n) is 11.4. The Labute approximate surface area is 226 Å². The van der Waals surface area contributed by atoms with Crippen LogP contribution in [0.5, 0.6) is 0 Å². The Morgan fingerprint density at radius 1 is 0.974 bits per heavy atom. The minimum Gasteiger partial charge on any atom is -0.383 e. The van der Waals surface area contributed by atoms with Crippen molar-refractivity contribution in [2.24, 2.45) is 0 Å². The van der Waals surface area contributed by atoms with Crippen molar-refractivity contribution in [1.29, 1.82) is 5.41 Å². The van der Waals surface area contributed by atoms with E-state index in [-0.39, 0.29) is 17.5 Å². The number of hydrogen-bond acceptors (Lipinski definition) is 5. The van der Waals surface area contributed by atoms with Gasteiger partial charge in [0.2, 0.25) is 0 Å². The van der Waals surface area contributed by atoms with Gasteiger partial charge in [0.15, 0.2) is 0 Å². The summed E-state index contributed by atoms with van der Waals surface area (Å²) in [5.41, 5.74) is 13.6. The van der Waals surface area contributed by atoms with E-state index in [1.54, 1.807) is 30.5 Å². The fourth-order valence-electron chi connectivity index (χ4n) is 5.91. The van der Waals surface area contributed by atoms with Crippen molar-refractivity contribution in [3.05, 3.63) is 82.5 Å². The molecule has 198 valence electrons. The quantitative estimate of drug-likeness (QED) is 0.297. The number of likely N-dealkylation sites (tertiary alicyclic amines) is 1. The van der Waals surface area contributed by atoms with Crippen LogP contribution in [0.15, 0.2) is 54.7 Å². The Hall–Kier alpha value is -3.51. The van der Waals surface area contributed by atoms with Crippen molar-refractivity contribution in [1.82, 2.24) is 15.2 Å². The van der Waals surface area contributed by atoms with Crippen LogP contribution in [0.25, 0.3) is 11.1 Å². The number of hydrogen-bond donors (Lipinski definition) is 3. The number of aromatic nitrogens is 1. The van der Waals surface area contributed by atoms with Gasteiger partial charge < -0.3 is 11.1 Å². The molecule has 1 aliphatic carbocycles. The fourth-order valence-corrected chi connectivity index (χ4v) is 5.91. The second-order valence-corrected chi connectivity index (χ2v) is 11.4. The molecule has 0 saturated carbocycles. The zero-order chi connectivity index (χ0) is 26.9. The lowest BCUT2D eigenvalue weighted by atomic mass is 9.90. The van der Waals surface area contributed by atoms with Gasteiger partial charge in [-0.3, -0.25) is 15.1 Å². The Morgan fingerprint density at radius 3 is 2.32 bits per heavy atom. The molecular weight excluding hydrogens is 470 g/mol. The summed E-state index contributed by atoms with van der Waals surface area (Å²) in [7, 11) is 0. The van der Waals surface area contributed by atoms with Crippen LogP contribution in [0.3, 0.4) is 0 Å². The van der Waals surface area contributed by atoms with E-state index in [4.69, 9.17) is 11.1 Å². The molecular formula is C32H39N5O. The molecule has 2 aliphatic rings. The van der Waals surface area contributed by atoms with Gasteiger partial charge in [-0.25, -0.2) is 4.98 Å². The molecule has 6 heteroatoms. The van der Waals surface area contributed by atoms with E-state index in [0.717, 1.165) is 24.0 Å². The summed E-state index contributed by atoms with van der Waals surface area (Å²) in [6.07, 6.45) is 9.05. The van der Waals surface area contributed by atoms with Gasteiger partial charge in [0.05, 0.1) is 5.71 Å². The molecule has 0 bridgehead atoms. The predicted molar refractivity (Wildman–Crippen MR) is 155 cm³/mol. The van der Waals surface area contributed by atoms with E-state index in [1.165, 1.54) is 49.9 Å². The van der Waals surface area contributed by atoms with Crippen molar-refractivity contribution in [2.45, 2.75) is 70.9 Å². The predicted octanol–water partition coefficient (Wildman–Crippen LogP) is 5.62. The monoisotopic (exact) mass is 509 g/mol. The number of nitrogen functional groups attached to an aromatic ring is 1. The number of carbonyl (C=O) groups excluding carboxylic acids is 1. The molecule has 3 aromatic rings. The van der Waals surface area contributed by atoms with E-state index >= 15 is 0 Å². The van der Waals surface area contributed by atoms with Crippen LogP contribution >= 0.6 is 0 Å². The normalized spacial score (nSPS) is 19.7. The molecule has 1 saturated heterocycles. The molecule has 1 amide bonds. The van der Waals surface area contributed by atoms with Crippen LogP contribution in [-0.2, 0) is 12.8 Å². The van der Waals surface area contributed by atoms with E-state index in [9.17, 15) is 4.79 Å². The molecule has 38 heavy (non-hydrogen) atoms. The molecule has 5 rings (SSSR count). The number of rotatable bonds is 6. The van der Waals surface area contributed by atoms with Crippen LogP contribution in [0, 0.1) is 5.41 Å². The second kappa shape index (κ2) is 10.7. The van der Waals surface area contributed by atoms with Crippen LogP contribution in [-0.4, -0.2) is 46.2 Å².